The van der Waals surface area contributed by atoms with Crippen LogP contribution in [0.25, 0.3) is 0 Å². The Balaban J connectivity index is 2.42. The van der Waals surface area contributed by atoms with Gasteiger partial charge in [-0.3, -0.25) is 0 Å². The fourth-order valence-corrected chi connectivity index (χ4v) is 2.25. The molecule has 1 aliphatic heterocycles. The summed E-state index contributed by atoms with van der Waals surface area (Å²) in [6, 6.07) is -1.70. The van der Waals surface area contributed by atoms with E-state index in [1.807, 2.05) is 0 Å². The van der Waals surface area contributed by atoms with Crippen LogP contribution in [-0.2, 0) is 14.8 Å². The molecule has 0 radical (unpaired) electrons. The Morgan fingerprint density at radius 3 is 2.53 bits per heavy atom. The highest BCUT2D eigenvalue weighted by Crippen LogP contribution is 2.17. The lowest BCUT2D eigenvalue weighted by Gasteiger charge is -2.21. The van der Waals surface area contributed by atoms with Crippen molar-refractivity contribution in [3.63, 3.8) is 0 Å². The number of sulfonamides is 1. The molecule has 0 bridgehead atoms. The van der Waals surface area contributed by atoms with E-state index in [-0.39, 0.29) is 26.1 Å². The third-order valence-corrected chi connectivity index (χ3v) is 3.32. The molecule has 4 N–H and O–H groups in total. The van der Waals surface area contributed by atoms with Gasteiger partial charge in [0.15, 0.2) is 0 Å². The highest BCUT2D eigenvalue weighted by atomic mass is 32.2. The number of rotatable bonds is 5. The van der Waals surface area contributed by atoms with Crippen LogP contribution in [-0.4, -0.2) is 73.6 Å². The molecule has 0 aromatic heterocycles. The molecule has 2 atom stereocenters. The molecule has 0 aromatic carbocycles. The first-order valence-electron chi connectivity index (χ1n) is 5.60. The zero-order chi connectivity index (χ0) is 14.6. The maximum absolute atomic E-state index is 11.7. The Hall–Kier alpha value is -1.39. The molecule has 0 unspecified atom stereocenters. The van der Waals surface area contributed by atoms with E-state index < -0.39 is 34.2 Å². The number of hydrogen-bond acceptors (Lipinski definition) is 5. The number of hydrogen-bond donors (Lipinski definition) is 4. The van der Waals surface area contributed by atoms with Gasteiger partial charge in [-0.05, 0) is 0 Å². The molecule has 0 aromatic rings. The van der Waals surface area contributed by atoms with Crippen LogP contribution < -0.4 is 10.0 Å². The van der Waals surface area contributed by atoms with E-state index in [0.717, 1.165) is 11.2 Å². The van der Waals surface area contributed by atoms with E-state index in [2.05, 4.69) is 10.0 Å². The Labute approximate surface area is 110 Å². The normalized spacial score (nSPS) is 23.4. The Morgan fingerprint density at radius 1 is 1.37 bits per heavy atom. The average Bonchev–Trinajstić information content (AvgIpc) is 2.65. The number of amides is 2. The van der Waals surface area contributed by atoms with E-state index in [9.17, 15) is 23.1 Å². The van der Waals surface area contributed by atoms with Crippen LogP contribution in [0.4, 0.5) is 4.79 Å². The topological polar surface area (TPSA) is 136 Å². The molecule has 1 aliphatic rings. The third-order valence-electron chi connectivity index (χ3n) is 2.59. The molecule has 110 valence electrons. The molecule has 0 saturated carbocycles. The fourth-order valence-electron chi connectivity index (χ4n) is 1.78. The monoisotopic (exact) mass is 295 g/mol. The van der Waals surface area contributed by atoms with Crippen molar-refractivity contribution in [2.45, 2.75) is 18.6 Å². The predicted molar refractivity (Wildman–Crippen MR) is 65.0 cm³/mol. The van der Waals surface area contributed by atoms with E-state index in [1.165, 1.54) is 0 Å². The summed E-state index contributed by atoms with van der Waals surface area (Å²) in [5.41, 5.74) is 0. The van der Waals surface area contributed by atoms with Gasteiger partial charge in [-0.2, -0.15) is 0 Å². The quantitative estimate of drug-likeness (QED) is 0.424. The number of nitrogens with one attached hydrogen (secondary N) is 2. The van der Waals surface area contributed by atoms with Gasteiger partial charge in [0.1, 0.15) is 6.04 Å². The highest BCUT2D eigenvalue weighted by molar-refractivity contribution is 7.88. The summed E-state index contributed by atoms with van der Waals surface area (Å²) in [6.45, 7) is -0.00809. The number of carboxylic acids is 1. The number of carboxylic acid groups (broad SMARTS) is 1. The van der Waals surface area contributed by atoms with Gasteiger partial charge in [0.05, 0.1) is 12.4 Å². The summed E-state index contributed by atoms with van der Waals surface area (Å²) in [5, 5.41) is 20.7. The number of aliphatic carboxylic acids is 1. The number of nitrogens with zero attached hydrogens (tertiary/aromatic N) is 1. The van der Waals surface area contributed by atoms with Crippen molar-refractivity contribution >= 4 is 22.0 Å². The lowest BCUT2D eigenvalue weighted by atomic mass is 10.2. The summed E-state index contributed by atoms with van der Waals surface area (Å²) in [4.78, 5) is 23.6. The van der Waals surface area contributed by atoms with Crippen LogP contribution in [0.15, 0.2) is 0 Å². The van der Waals surface area contributed by atoms with Gasteiger partial charge >= 0.3 is 12.0 Å². The number of β-amino-alcohol motifs (C(OH)–C–C–N with tert-alkyl or cyclic N) is 1. The number of aliphatic hydroxyl groups excluding tert-OH is 1. The SMILES string of the molecule is CS(=O)(=O)NCCNC(=O)N1C[C@@H](O)C[C@H]1C(=O)O. The van der Waals surface area contributed by atoms with Crippen LogP contribution >= 0.6 is 0 Å². The fraction of sp³-hybridized carbons (Fsp3) is 0.778. The van der Waals surface area contributed by atoms with E-state index in [1.54, 1.807) is 0 Å². The van der Waals surface area contributed by atoms with E-state index in [0.29, 0.717) is 0 Å². The number of aliphatic hydroxyl groups is 1. The van der Waals surface area contributed by atoms with Crippen LogP contribution in [0, 0.1) is 0 Å². The molecular formula is C9H17N3O6S. The molecule has 19 heavy (non-hydrogen) atoms. The van der Waals surface area contributed by atoms with Crippen LogP contribution in [0.5, 0.6) is 0 Å². The lowest BCUT2D eigenvalue weighted by molar-refractivity contribution is -0.141. The third kappa shape index (κ3) is 5.01. The van der Waals surface area contributed by atoms with Crippen molar-refractivity contribution in [2.75, 3.05) is 25.9 Å². The second-order valence-electron chi connectivity index (χ2n) is 4.29. The first kappa shape index (κ1) is 15.7. The molecule has 2 amide bonds. The predicted octanol–water partition coefficient (Wildman–Crippen LogP) is -2.23. The first-order valence-corrected chi connectivity index (χ1v) is 7.50. The molecule has 9 nitrogen and oxygen atoms in total. The van der Waals surface area contributed by atoms with Crippen molar-refractivity contribution in [3.05, 3.63) is 0 Å². The van der Waals surface area contributed by atoms with Gasteiger partial charge in [0.25, 0.3) is 0 Å². The van der Waals surface area contributed by atoms with Gasteiger partial charge in [0.2, 0.25) is 10.0 Å². The van der Waals surface area contributed by atoms with Crippen LogP contribution in [0.2, 0.25) is 0 Å². The van der Waals surface area contributed by atoms with Crippen molar-refractivity contribution in [3.8, 4) is 0 Å². The van der Waals surface area contributed by atoms with Crippen LogP contribution in [0.1, 0.15) is 6.42 Å². The maximum Gasteiger partial charge on any atom is 0.326 e. The van der Waals surface area contributed by atoms with Gasteiger partial charge in [-0.25, -0.2) is 22.7 Å². The molecule has 1 fully saturated rings. The zero-order valence-corrected chi connectivity index (χ0v) is 11.2. The maximum atomic E-state index is 11.7. The number of urea groups is 1. The molecule has 1 rings (SSSR count). The summed E-state index contributed by atoms with van der Waals surface area (Å²) in [5.74, 6) is -1.18. The minimum Gasteiger partial charge on any atom is -0.480 e. The van der Waals surface area contributed by atoms with E-state index in [4.69, 9.17) is 5.11 Å². The van der Waals surface area contributed by atoms with Gasteiger partial charge < -0.3 is 20.4 Å². The highest BCUT2D eigenvalue weighted by Gasteiger charge is 2.38. The standard InChI is InChI=1S/C9H17N3O6S/c1-19(17,18)11-3-2-10-9(16)12-5-6(13)4-7(12)8(14)15/h6-7,11,13H,2-5H2,1H3,(H,10,16)(H,14,15)/t6-,7-/m0/s1. The number of likely N-dealkylation sites (tertiary alicyclic amines) is 1. The Kier molecular flexibility index (Phi) is 5.09. The lowest BCUT2D eigenvalue weighted by Crippen LogP contribution is -2.47. The van der Waals surface area contributed by atoms with E-state index >= 15 is 0 Å². The Bertz CT molecular complexity index is 451. The minimum atomic E-state index is -3.32. The Morgan fingerprint density at radius 2 is 2.00 bits per heavy atom. The average molecular weight is 295 g/mol. The molecule has 0 aliphatic carbocycles. The number of carbonyl (C=O) groups is 2. The van der Waals surface area contributed by atoms with Crippen molar-refractivity contribution in [1.82, 2.24) is 14.9 Å². The molecule has 1 heterocycles. The van der Waals surface area contributed by atoms with Gasteiger partial charge in [-0.15, -0.1) is 0 Å². The zero-order valence-electron chi connectivity index (χ0n) is 10.4. The van der Waals surface area contributed by atoms with Crippen molar-refractivity contribution in [2.24, 2.45) is 0 Å². The van der Waals surface area contributed by atoms with Gasteiger partial charge in [-0.1, -0.05) is 0 Å². The molecule has 0 spiro atoms. The second kappa shape index (κ2) is 6.17. The summed E-state index contributed by atoms with van der Waals surface area (Å²) < 4.78 is 23.7. The molecule has 10 heteroatoms. The molecule has 1 saturated heterocycles. The smallest absolute Gasteiger partial charge is 0.326 e. The van der Waals surface area contributed by atoms with Crippen LogP contribution in [0.3, 0.4) is 0 Å². The molecular weight excluding hydrogens is 278 g/mol. The first-order chi connectivity index (χ1) is 8.70. The van der Waals surface area contributed by atoms with Gasteiger partial charge in [0, 0.05) is 26.1 Å². The minimum absolute atomic E-state index is 0.00958. The van der Waals surface area contributed by atoms with Crippen molar-refractivity contribution in [1.29, 1.82) is 0 Å². The number of carbonyl (C=O) groups excluding carboxylic acids is 1. The summed E-state index contributed by atoms with van der Waals surface area (Å²) >= 11 is 0. The summed E-state index contributed by atoms with van der Waals surface area (Å²) in [6.07, 6.45) is 0.122. The summed E-state index contributed by atoms with van der Waals surface area (Å²) in [7, 11) is -3.32. The second-order valence-corrected chi connectivity index (χ2v) is 6.13. The largest absolute Gasteiger partial charge is 0.480 e. The van der Waals surface area contributed by atoms with Crippen molar-refractivity contribution < 1.29 is 28.2 Å².